The number of likely N-dealkylation sites (N-methyl/N-ethyl adjacent to an activating group) is 1. The summed E-state index contributed by atoms with van der Waals surface area (Å²) in [6.45, 7) is 4.13. The minimum Gasteiger partial charge on any atom is -0.370 e. The molecule has 1 atom stereocenters. The minimum absolute atomic E-state index is 0. The lowest BCUT2D eigenvalue weighted by molar-refractivity contribution is -0.119. The van der Waals surface area contributed by atoms with E-state index < -0.39 is 0 Å². The van der Waals surface area contributed by atoms with Crippen molar-refractivity contribution in [1.82, 2.24) is 15.1 Å². The second-order valence-corrected chi connectivity index (χ2v) is 6.96. The molecule has 1 heterocycles. The van der Waals surface area contributed by atoms with Crippen molar-refractivity contribution in [2.24, 2.45) is 16.6 Å². The molecule has 27 heavy (non-hydrogen) atoms. The summed E-state index contributed by atoms with van der Waals surface area (Å²) in [6.07, 6.45) is 2.52. The first-order valence-corrected chi connectivity index (χ1v) is 9.15. The van der Waals surface area contributed by atoms with Crippen LogP contribution in [-0.4, -0.2) is 61.9 Å². The number of carbonyl (C=O) groups is 1. The number of carbonyl (C=O) groups excluding carboxylic acids is 1. The second-order valence-electron chi connectivity index (χ2n) is 6.96. The van der Waals surface area contributed by atoms with Gasteiger partial charge in [-0.1, -0.05) is 12.1 Å². The van der Waals surface area contributed by atoms with Crippen LogP contribution in [0.5, 0.6) is 0 Å². The molecule has 0 saturated carbocycles. The molecule has 0 aromatic heterocycles. The number of primary amides is 1. The van der Waals surface area contributed by atoms with Crippen molar-refractivity contribution in [1.29, 1.82) is 0 Å². The lowest BCUT2D eigenvalue weighted by atomic mass is 9.95. The normalized spacial score (nSPS) is 17.6. The number of nitrogens with zero attached hydrogens (tertiary/aromatic N) is 3. The van der Waals surface area contributed by atoms with E-state index in [1.54, 1.807) is 7.05 Å². The number of amides is 1. The maximum absolute atomic E-state index is 13.0. The maximum atomic E-state index is 13.0. The third-order valence-corrected chi connectivity index (χ3v) is 4.66. The van der Waals surface area contributed by atoms with Gasteiger partial charge in [-0.2, -0.15) is 0 Å². The highest BCUT2D eigenvalue weighted by Gasteiger charge is 2.23. The largest absolute Gasteiger partial charge is 0.370 e. The van der Waals surface area contributed by atoms with Crippen LogP contribution in [0.25, 0.3) is 0 Å². The molecule has 0 aliphatic carbocycles. The molecule has 8 heteroatoms. The quantitative estimate of drug-likeness (QED) is 0.348. The van der Waals surface area contributed by atoms with Gasteiger partial charge in [0.1, 0.15) is 5.82 Å². The molecular weight excluding hydrogens is 460 g/mol. The Kier molecular flexibility index (Phi) is 10.6. The smallest absolute Gasteiger partial charge is 0.217 e. The van der Waals surface area contributed by atoms with Gasteiger partial charge in [-0.15, -0.1) is 24.0 Å². The molecule has 1 unspecified atom stereocenters. The van der Waals surface area contributed by atoms with Gasteiger partial charge >= 0.3 is 0 Å². The zero-order valence-corrected chi connectivity index (χ0v) is 18.5. The maximum Gasteiger partial charge on any atom is 0.217 e. The van der Waals surface area contributed by atoms with Gasteiger partial charge < -0.3 is 20.9 Å². The van der Waals surface area contributed by atoms with Gasteiger partial charge in [-0.3, -0.25) is 9.79 Å². The van der Waals surface area contributed by atoms with Crippen LogP contribution < -0.4 is 11.1 Å². The molecule has 152 valence electrons. The van der Waals surface area contributed by atoms with E-state index in [1.807, 2.05) is 19.2 Å². The van der Waals surface area contributed by atoms with Gasteiger partial charge in [-0.05, 0) is 43.5 Å². The fourth-order valence-corrected chi connectivity index (χ4v) is 3.38. The standard InChI is InChI=1S/C19H30FN5O.HI/c1-22-19(25-10-3-4-16(14-25)12-18(21)26)23-9-11-24(2)13-15-5-7-17(20)8-6-15;/h5-8,16H,3-4,9-14H2,1-2H3,(H2,21,26)(H,22,23);1H. The molecule has 0 spiro atoms. The van der Waals surface area contributed by atoms with Crippen LogP contribution in [0.4, 0.5) is 4.39 Å². The molecule has 1 aliphatic heterocycles. The molecule has 1 fully saturated rings. The topological polar surface area (TPSA) is 74.0 Å². The van der Waals surface area contributed by atoms with Crippen LogP contribution in [0, 0.1) is 11.7 Å². The lowest BCUT2D eigenvalue weighted by Gasteiger charge is -2.34. The second kappa shape index (κ2) is 12.1. The molecule has 1 aromatic carbocycles. The lowest BCUT2D eigenvalue weighted by Crippen LogP contribution is -2.48. The van der Waals surface area contributed by atoms with Gasteiger partial charge in [0.25, 0.3) is 0 Å². The Labute approximate surface area is 178 Å². The Balaban J connectivity index is 0.00000364. The van der Waals surface area contributed by atoms with Gasteiger partial charge in [0.05, 0.1) is 0 Å². The molecule has 0 radical (unpaired) electrons. The summed E-state index contributed by atoms with van der Waals surface area (Å²) in [6, 6.07) is 6.60. The number of benzene rings is 1. The number of aliphatic imine (C=N–C) groups is 1. The Hall–Kier alpha value is -1.42. The predicted octanol–water partition coefficient (Wildman–Crippen LogP) is 2.04. The van der Waals surface area contributed by atoms with Crippen molar-refractivity contribution in [3.8, 4) is 0 Å². The first kappa shape index (κ1) is 23.6. The van der Waals surface area contributed by atoms with Crippen LogP contribution in [0.15, 0.2) is 29.3 Å². The third-order valence-electron chi connectivity index (χ3n) is 4.66. The highest BCUT2D eigenvalue weighted by Crippen LogP contribution is 2.19. The van der Waals surface area contributed by atoms with E-state index in [0.717, 1.165) is 57.1 Å². The van der Waals surface area contributed by atoms with Crippen LogP contribution in [0.2, 0.25) is 0 Å². The summed E-state index contributed by atoms with van der Waals surface area (Å²) in [5.41, 5.74) is 6.42. The van der Waals surface area contributed by atoms with Gasteiger partial charge in [0.2, 0.25) is 5.91 Å². The summed E-state index contributed by atoms with van der Waals surface area (Å²) in [5.74, 6) is 0.732. The van der Waals surface area contributed by atoms with E-state index in [9.17, 15) is 9.18 Å². The first-order chi connectivity index (χ1) is 12.5. The van der Waals surface area contributed by atoms with E-state index in [1.165, 1.54) is 12.1 Å². The number of nitrogens with one attached hydrogen (secondary N) is 1. The van der Waals surface area contributed by atoms with Crippen molar-refractivity contribution in [3.05, 3.63) is 35.6 Å². The van der Waals surface area contributed by atoms with Crippen molar-refractivity contribution in [2.45, 2.75) is 25.8 Å². The molecule has 1 amide bonds. The first-order valence-electron chi connectivity index (χ1n) is 9.15. The van der Waals surface area contributed by atoms with Gasteiger partial charge in [0, 0.05) is 46.2 Å². The molecule has 3 N–H and O–H groups in total. The fraction of sp³-hybridized carbons (Fsp3) is 0.579. The van der Waals surface area contributed by atoms with Gasteiger partial charge in [0.15, 0.2) is 5.96 Å². The summed E-state index contributed by atoms with van der Waals surface area (Å²) in [4.78, 5) is 19.9. The number of nitrogens with two attached hydrogens (primary N) is 1. The van der Waals surface area contributed by atoms with Gasteiger partial charge in [-0.25, -0.2) is 4.39 Å². The number of halogens is 2. The predicted molar refractivity (Wildman–Crippen MR) is 118 cm³/mol. The molecule has 6 nitrogen and oxygen atoms in total. The zero-order chi connectivity index (χ0) is 18.9. The average Bonchev–Trinajstić information content (AvgIpc) is 2.60. The number of guanidine groups is 1. The summed E-state index contributed by atoms with van der Waals surface area (Å²) in [5, 5.41) is 3.40. The molecule has 0 bridgehead atoms. The number of hydrogen-bond acceptors (Lipinski definition) is 3. The number of piperidine rings is 1. The summed E-state index contributed by atoms with van der Waals surface area (Å²) in [7, 11) is 3.82. The molecule has 1 aliphatic rings. The summed E-state index contributed by atoms with van der Waals surface area (Å²) >= 11 is 0. The number of likely N-dealkylation sites (tertiary alicyclic amines) is 1. The Morgan fingerprint density at radius 1 is 1.41 bits per heavy atom. The SMILES string of the molecule is CN=C(NCCN(C)Cc1ccc(F)cc1)N1CCCC(CC(N)=O)C1.I. The zero-order valence-electron chi connectivity index (χ0n) is 16.2. The van der Waals surface area contributed by atoms with E-state index in [4.69, 9.17) is 5.73 Å². The number of hydrogen-bond donors (Lipinski definition) is 2. The van der Waals surface area contributed by atoms with Crippen molar-refractivity contribution in [2.75, 3.05) is 40.3 Å². The average molecular weight is 491 g/mol. The van der Waals surface area contributed by atoms with Crippen LogP contribution in [-0.2, 0) is 11.3 Å². The molecule has 1 aromatic rings. The molecule has 1 saturated heterocycles. The highest BCUT2D eigenvalue weighted by molar-refractivity contribution is 14.0. The van der Waals surface area contributed by atoms with Crippen LogP contribution in [0.3, 0.4) is 0 Å². The Morgan fingerprint density at radius 2 is 2.11 bits per heavy atom. The van der Waals surface area contributed by atoms with Crippen molar-refractivity contribution >= 4 is 35.8 Å². The van der Waals surface area contributed by atoms with E-state index >= 15 is 0 Å². The van der Waals surface area contributed by atoms with E-state index in [0.29, 0.717) is 12.3 Å². The van der Waals surface area contributed by atoms with E-state index in [-0.39, 0.29) is 35.7 Å². The van der Waals surface area contributed by atoms with Crippen molar-refractivity contribution < 1.29 is 9.18 Å². The monoisotopic (exact) mass is 491 g/mol. The van der Waals surface area contributed by atoms with Crippen LogP contribution >= 0.6 is 24.0 Å². The number of rotatable bonds is 7. The Bertz CT molecular complexity index is 611. The van der Waals surface area contributed by atoms with Crippen LogP contribution in [0.1, 0.15) is 24.8 Å². The summed E-state index contributed by atoms with van der Waals surface area (Å²) < 4.78 is 13.0. The Morgan fingerprint density at radius 3 is 2.74 bits per heavy atom. The minimum atomic E-state index is -0.234. The van der Waals surface area contributed by atoms with Crippen molar-refractivity contribution in [3.63, 3.8) is 0 Å². The highest BCUT2D eigenvalue weighted by atomic mass is 127. The molecular formula is C19H31FIN5O. The van der Waals surface area contributed by atoms with E-state index in [2.05, 4.69) is 20.1 Å². The third kappa shape index (κ3) is 8.42. The fourth-order valence-electron chi connectivity index (χ4n) is 3.38. The molecule has 2 rings (SSSR count).